The van der Waals surface area contributed by atoms with Crippen LogP contribution in [-0.2, 0) is 21.3 Å². The Labute approximate surface area is 135 Å². The van der Waals surface area contributed by atoms with E-state index < -0.39 is 9.84 Å². The monoisotopic (exact) mass is 327 g/mol. The average molecular weight is 327 g/mol. The van der Waals surface area contributed by atoms with Gasteiger partial charge in [-0.25, -0.2) is 13.4 Å². The van der Waals surface area contributed by atoms with Crippen LogP contribution in [0.15, 0.2) is 65.3 Å². The average Bonchev–Trinajstić information content (AvgIpc) is 2.95. The molecule has 4 nitrogen and oxygen atoms in total. The highest BCUT2D eigenvalue weighted by atomic mass is 32.2. The molecular formula is C18H17NO3S. The number of aryl methyl sites for hydroxylation is 1. The van der Waals surface area contributed by atoms with Gasteiger partial charge in [-0.05, 0) is 24.6 Å². The Balaban J connectivity index is 1.75. The Morgan fingerprint density at radius 2 is 1.78 bits per heavy atom. The normalized spacial score (nSPS) is 11.5. The minimum Gasteiger partial charge on any atom is -0.444 e. The van der Waals surface area contributed by atoms with Crippen molar-refractivity contribution in [1.29, 1.82) is 0 Å². The van der Waals surface area contributed by atoms with Gasteiger partial charge in [0.05, 0.1) is 17.2 Å². The van der Waals surface area contributed by atoms with E-state index in [1.54, 1.807) is 0 Å². The van der Waals surface area contributed by atoms with E-state index in [0.717, 1.165) is 16.7 Å². The van der Waals surface area contributed by atoms with E-state index >= 15 is 0 Å². The van der Waals surface area contributed by atoms with Crippen molar-refractivity contribution in [1.82, 2.24) is 4.98 Å². The number of hydrogen-bond acceptors (Lipinski definition) is 4. The van der Waals surface area contributed by atoms with E-state index in [9.17, 15) is 8.42 Å². The van der Waals surface area contributed by atoms with Crippen molar-refractivity contribution in [2.45, 2.75) is 18.4 Å². The maximum atomic E-state index is 12.3. The zero-order valence-electron chi connectivity index (χ0n) is 12.8. The maximum absolute atomic E-state index is 12.3. The topological polar surface area (TPSA) is 60.2 Å². The summed E-state index contributed by atoms with van der Waals surface area (Å²) in [5.74, 6) is 0.311. The molecule has 0 unspecified atom stereocenters. The molecule has 0 fully saturated rings. The summed E-state index contributed by atoms with van der Waals surface area (Å²) in [5, 5.41) is 0. The number of aromatic nitrogens is 1. The lowest BCUT2D eigenvalue weighted by Crippen LogP contribution is -2.08. The molecule has 0 aliphatic heterocycles. The lowest BCUT2D eigenvalue weighted by Gasteiger charge is -2.03. The van der Waals surface area contributed by atoms with Crippen molar-refractivity contribution in [3.05, 3.63) is 77.7 Å². The standard InChI is InChI=1S/C18H17NO3S/c1-14-6-5-7-15(10-14)12-23(20,21)13-17-11-22-18(19-17)16-8-3-2-4-9-16/h2-11H,12-13H2,1H3. The first kappa shape index (κ1) is 15.5. The summed E-state index contributed by atoms with van der Waals surface area (Å²) in [6.07, 6.45) is 1.41. The molecule has 0 saturated heterocycles. The molecule has 0 aliphatic rings. The third-order valence-electron chi connectivity index (χ3n) is 3.41. The number of hydrogen-bond donors (Lipinski definition) is 0. The van der Waals surface area contributed by atoms with Crippen LogP contribution >= 0.6 is 0 Å². The Morgan fingerprint density at radius 1 is 1.00 bits per heavy atom. The summed E-state index contributed by atoms with van der Waals surface area (Å²) < 4.78 is 30.1. The first-order chi connectivity index (χ1) is 11.0. The summed E-state index contributed by atoms with van der Waals surface area (Å²) >= 11 is 0. The largest absolute Gasteiger partial charge is 0.444 e. The fraction of sp³-hybridized carbons (Fsp3) is 0.167. The van der Waals surface area contributed by atoms with Crippen LogP contribution in [0.5, 0.6) is 0 Å². The molecule has 0 N–H and O–H groups in total. The minimum atomic E-state index is -3.30. The zero-order valence-corrected chi connectivity index (χ0v) is 13.6. The molecular weight excluding hydrogens is 310 g/mol. The molecule has 0 spiro atoms. The predicted molar refractivity (Wildman–Crippen MR) is 89.4 cm³/mol. The van der Waals surface area contributed by atoms with Gasteiger partial charge >= 0.3 is 0 Å². The van der Waals surface area contributed by atoms with Crippen LogP contribution in [0.1, 0.15) is 16.8 Å². The first-order valence-corrected chi connectivity index (χ1v) is 9.10. The molecule has 2 aromatic carbocycles. The van der Waals surface area contributed by atoms with Crippen LogP contribution < -0.4 is 0 Å². The van der Waals surface area contributed by atoms with Gasteiger partial charge in [-0.3, -0.25) is 0 Å². The number of benzene rings is 2. The highest BCUT2D eigenvalue weighted by Crippen LogP contribution is 2.20. The summed E-state index contributed by atoms with van der Waals surface area (Å²) in [6, 6.07) is 16.9. The van der Waals surface area contributed by atoms with E-state index in [1.165, 1.54) is 6.26 Å². The van der Waals surface area contributed by atoms with Crippen molar-refractivity contribution in [2.75, 3.05) is 0 Å². The third-order valence-corrected chi connectivity index (χ3v) is 4.92. The van der Waals surface area contributed by atoms with Crippen LogP contribution in [0.2, 0.25) is 0 Å². The number of rotatable bonds is 5. The second kappa shape index (κ2) is 6.38. The van der Waals surface area contributed by atoms with Crippen molar-refractivity contribution < 1.29 is 12.8 Å². The molecule has 3 rings (SSSR count). The molecule has 118 valence electrons. The van der Waals surface area contributed by atoms with Gasteiger partial charge in [0.25, 0.3) is 0 Å². The maximum Gasteiger partial charge on any atom is 0.226 e. The van der Waals surface area contributed by atoms with Crippen LogP contribution in [0, 0.1) is 6.92 Å². The van der Waals surface area contributed by atoms with Crippen LogP contribution in [0.25, 0.3) is 11.5 Å². The molecule has 0 amide bonds. The van der Waals surface area contributed by atoms with E-state index in [4.69, 9.17) is 4.42 Å². The Kier molecular flexibility index (Phi) is 4.30. The van der Waals surface area contributed by atoms with E-state index in [2.05, 4.69) is 4.98 Å². The molecule has 23 heavy (non-hydrogen) atoms. The van der Waals surface area contributed by atoms with Crippen LogP contribution in [-0.4, -0.2) is 13.4 Å². The third kappa shape index (κ3) is 4.07. The molecule has 0 bridgehead atoms. The Bertz CT molecular complexity index is 899. The lowest BCUT2D eigenvalue weighted by atomic mass is 10.2. The van der Waals surface area contributed by atoms with Gasteiger partial charge in [0, 0.05) is 5.56 Å². The first-order valence-electron chi connectivity index (χ1n) is 7.28. The highest BCUT2D eigenvalue weighted by molar-refractivity contribution is 7.89. The van der Waals surface area contributed by atoms with Gasteiger partial charge in [0.2, 0.25) is 5.89 Å². The molecule has 0 aliphatic carbocycles. The Hall–Kier alpha value is -2.40. The second-order valence-electron chi connectivity index (χ2n) is 5.53. The number of nitrogens with zero attached hydrogens (tertiary/aromatic N) is 1. The van der Waals surface area contributed by atoms with Crippen LogP contribution in [0.3, 0.4) is 0 Å². The van der Waals surface area contributed by atoms with Gasteiger partial charge < -0.3 is 4.42 Å². The van der Waals surface area contributed by atoms with Gasteiger partial charge in [0.15, 0.2) is 9.84 Å². The highest BCUT2D eigenvalue weighted by Gasteiger charge is 2.17. The molecule has 1 heterocycles. The van der Waals surface area contributed by atoms with Crippen molar-refractivity contribution in [3.8, 4) is 11.5 Å². The van der Waals surface area contributed by atoms with Crippen LogP contribution in [0.4, 0.5) is 0 Å². The summed E-state index contributed by atoms with van der Waals surface area (Å²) in [4.78, 5) is 4.28. The van der Waals surface area contributed by atoms with Gasteiger partial charge in [0.1, 0.15) is 6.26 Å². The molecule has 1 aromatic heterocycles. The van der Waals surface area contributed by atoms with Gasteiger partial charge in [-0.15, -0.1) is 0 Å². The predicted octanol–water partition coefficient (Wildman–Crippen LogP) is 3.77. The Morgan fingerprint density at radius 3 is 2.52 bits per heavy atom. The van der Waals surface area contributed by atoms with E-state index in [-0.39, 0.29) is 11.5 Å². The minimum absolute atomic E-state index is 0.00219. The second-order valence-corrected chi connectivity index (χ2v) is 7.60. The van der Waals surface area contributed by atoms with Crippen molar-refractivity contribution in [2.24, 2.45) is 0 Å². The van der Waals surface area contributed by atoms with E-state index in [0.29, 0.717) is 11.6 Å². The number of sulfone groups is 1. The lowest BCUT2D eigenvalue weighted by molar-refractivity contribution is 0.571. The number of oxazole rings is 1. The SMILES string of the molecule is Cc1cccc(CS(=O)(=O)Cc2coc(-c3ccccc3)n2)c1. The van der Waals surface area contributed by atoms with Crippen molar-refractivity contribution >= 4 is 9.84 Å². The summed E-state index contributed by atoms with van der Waals surface area (Å²) in [6.45, 7) is 1.94. The van der Waals surface area contributed by atoms with E-state index in [1.807, 2.05) is 61.5 Å². The molecule has 0 atom stereocenters. The fourth-order valence-electron chi connectivity index (χ4n) is 2.42. The van der Waals surface area contributed by atoms with Gasteiger partial charge in [-0.1, -0.05) is 48.0 Å². The van der Waals surface area contributed by atoms with Crippen molar-refractivity contribution in [3.63, 3.8) is 0 Å². The fourth-order valence-corrected chi connectivity index (χ4v) is 3.79. The quantitative estimate of drug-likeness (QED) is 0.716. The van der Waals surface area contributed by atoms with Gasteiger partial charge in [-0.2, -0.15) is 0 Å². The zero-order chi connectivity index (χ0) is 16.3. The summed E-state index contributed by atoms with van der Waals surface area (Å²) in [7, 11) is -3.30. The summed E-state index contributed by atoms with van der Waals surface area (Å²) in [5.41, 5.74) is 3.09. The molecule has 3 aromatic rings. The molecule has 5 heteroatoms. The molecule has 0 radical (unpaired) electrons. The smallest absolute Gasteiger partial charge is 0.226 e. The molecule has 0 saturated carbocycles.